The molecule has 1 radical (unpaired) electrons. The minimum absolute atomic E-state index is 0.260. The van der Waals surface area contributed by atoms with E-state index in [9.17, 15) is 0 Å². The van der Waals surface area contributed by atoms with Gasteiger partial charge in [0.2, 0.25) is 0 Å². The van der Waals surface area contributed by atoms with Crippen LogP contribution >= 0.6 is 0 Å². The molecule has 0 amide bonds. The van der Waals surface area contributed by atoms with Crippen molar-refractivity contribution in [2.75, 3.05) is 0 Å². The molecule has 1 aliphatic heterocycles. The molecule has 8 aromatic carbocycles. The fraction of sp³-hybridized carbons (Fsp3) is 0.169. The molecule has 0 nitrogen and oxygen atoms in total. The lowest BCUT2D eigenvalue weighted by Gasteiger charge is -2.45. The van der Waals surface area contributed by atoms with Gasteiger partial charge in [0.1, 0.15) is 0 Å². The SMILES string of the molecule is C[Si]1C2=CC3C(c4ccc5ccccc5c4)c4ccccc4C(c4ccc5ccccc5c4)C3C=C2C2C=CC(c3c4ccccc4c(C4C=CC5=C(C=CCC5)C4)c4ccccc34)=CC21. The summed E-state index contributed by atoms with van der Waals surface area (Å²) < 4.78 is 0. The van der Waals surface area contributed by atoms with Crippen LogP contribution in [-0.2, 0) is 0 Å². The van der Waals surface area contributed by atoms with E-state index in [1.807, 2.05) is 0 Å². The van der Waals surface area contributed by atoms with Crippen molar-refractivity contribution in [3.8, 4) is 0 Å². The quantitative estimate of drug-likeness (QED) is 0.122. The Hall–Kier alpha value is -6.80. The predicted octanol–water partition coefficient (Wildman–Crippen LogP) is 16.7. The van der Waals surface area contributed by atoms with Crippen molar-refractivity contribution in [3.63, 3.8) is 0 Å². The summed E-state index contributed by atoms with van der Waals surface area (Å²) in [4.78, 5) is 0. The number of allylic oxidation sites excluding steroid dienone is 14. The molecule has 6 aliphatic rings. The van der Waals surface area contributed by atoms with Gasteiger partial charge in [-0.25, -0.2) is 0 Å². The molecule has 0 aromatic heterocycles. The molecule has 315 valence electrons. The van der Waals surface area contributed by atoms with Gasteiger partial charge in [-0.3, -0.25) is 0 Å². The topological polar surface area (TPSA) is 0 Å². The largest absolute Gasteiger partial charge is 0.0905 e. The van der Waals surface area contributed by atoms with Gasteiger partial charge in [0.25, 0.3) is 0 Å². The monoisotopic (exact) mass is 859 g/mol. The second kappa shape index (κ2) is 15.1. The summed E-state index contributed by atoms with van der Waals surface area (Å²) in [6.45, 7) is 2.63. The molecular formula is C65H51Si. The van der Waals surface area contributed by atoms with Gasteiger partial charge in [0.05, 0.1) is 8.80 Å². The van der Waals surface area contributed by atoms with Crippen LogP contribution in [0, 0.1) is 17.8 Å². The Balaban J connectivity index is 0.912. The third kappa shape index (κ3) is 5.88. The molecular weight excluding hydrogens is 809 g/mol. The molecule has 1 saturated heterocycles. The van der Waals surface area contributed by atoms with E-state index in [2.05, 4.69) is 219 Å². The van der Waals surface area contributed by atoms with E-state index in [0.717, 1.165) is 19.3 Å². The van der Waals surface area contributed by atoms with Crippen LogP contribution in [0.5, 0.6) is 0 Å². The van der Waals surface area contributed by atoms with Gasteiger partial charge < -0.3 is 0 Å². The fourth-order valence-corrected chi connectivity index (χ4v) is 16.4. The van der Waals surface area contributed by atoms with Crippen LogP contribution in [0.15, 0.2) is 234 Å². The summed E-state index contributed by atoms with van der Waals surface area (Å²) in [5, 5.41) is 12.5. The maximum atomic E-state index is 2.83. The summed E-state index contributed by atoms with van der Waals surface area (Å²) in [5.41, 5.74) is 15.3. The fourth-order valence-electron chi connectivity index (χ4n) is 13.6. The van der Waals surface area contributed by atoms with E-state index in [4.69, 9.17) is 0 Å². The predicted molar refractivity (Wildman–Crippen MR) is 280 cm³/mol. The van der Waals surface area contributed by atoms with Crippen LogP contribution in [-0.4, -0.2) is 8.80 Å². The molecule has 0 bridgehead atoms. The van der Waals surface area contributed by atoms with Crippen LogP contribution in [0.25, 0.3) is 48.7 Å². The highest BCUT2D eigenvalue weighted by atomic mass is 28.3. The van der Waals surface area contributed by atoms with Gasteiger partial charge in [-0.15, -0.1) is 0 Å². The zero-order valence-electron chi connectivity index (χ0n) is 37.4. The summed E-state index contributed by atoms with van der Waals surface area (Å²) in [7, 11) is -0.965. The molecule has 7 atom stereocenters. The second-order valence-corrected chi connectivity index (χ2v) is 22.5. The van der Waals surface area contributed by atoms with Gasteiger partial charge in [-0.1, -0.05) is 224 Å². The van der Waals surface area contributed by atoms with Crippen molar-refractivity contribution in [2.24, 2.45) is 17.8 Å². The molecule has 7 unspecified atom stereocenters. The van der Waals surface area contributed by atoms with Crippen molar-refractivity contribution in [2.45, 2.75) is 49.1 Å². The van der Waals surface area contributed by atoms with Crippen molar-refractivity contribution in [1.82, 2.24) is 0 Å². The zero-order valence-corrected chi connectivity index (χ0v) is 38.4. The molecule has 1 heterocycles. The zero-order chi connectivity index (χ0) is 43.5. The Labute approximate surface area is 390 Å². The van der Waals surface area contributed by atoms with Crippen LogP contribution in [0.2, 0.25) is 12.1 Å². The number of fused-ring (bicyclic) bond motifs is 9. The molecule has 0 spiro atoms. The van der Waals surface area contributed by atoms with Gasteiger partial charge in [-0.2, -0.15) is 0 Å². The summed E-state index contributed by atoms with van der Waals surface area (Å²) in [6.07, 6.45) is 26.6. The Morgan fingerprint density at radius 3 is 1.73 bits per heavy atom. The van der Waals surface area contributed by atoms with Gasteiger partial charge in [-0.05, 0) is 135 Å². The van der Waals surface area contributed by atoms with E-state index in [0.29, 0.717) is 29.2 Å². The lowest BCUT2D eigenvalue weighted by Crippen LogP contribution is -2.35. The van der Waals surface area contributed by atoms with Crippen LogP contribution in [0.4, 0.5) is 0 Å². The van der Waals surface area contributed by atoms with Gasteiger partial charge >= 0.3 is 0 Å². The average molecular weight is 860 g/mol. The Morgan fingerprint density at radius 2 is 1.08 bits per heavy atom. The number of hydrogen-bond acceptors (Lipinski definition) is 0. The average Bonchev–Trinajstić information content (AvgIpc) is 3.65. The van der Waals surface area contributed by atoms with Crippen LogP contribution in [0.3, 0.4) is 0 Å². The van der Waals surface area contributed by atoms with Gasteiger partial charge in [0.15, 0.2) is 0 Å². The second-order valence-electron chi connectivity index (χ2n) is 19.9. The lowest BCUT2D eigenvalue weighted by molar-refractivity contribution is 0.357. The standard InChI is InChI=1S/C65H51Si/c1-66-60-37-49(63-53-22-10-8-20-51(53)62(52-21-9-11-23-54(52)63)46-29-26-40-14-2-5-17-43(40)34-46)32-33-50(60)57-38-58-59(39-61(57)66)65(48-31-28-42-16-4-7-19-45(42)36-48)56-25-13-12-24-55(56)64(58)47-30-27-41-15-3-6-18-44(41)35-47/h3-13,15-33,35-39,46,50,58-60,64-65H,2,14,34H2,1H3. The highest BCUT2D eigenvalue weighted by Gasteiger charge is 2.49. The molecule has 66 heavy (non-hydrogen) atoms. The molecule has 8 aromatic rings. The minimum atomic E-state index is -0.965. The van der Waals surface area contributed by atoms with Gasteiger partial charge in [0, 0.05) is 23.7 Å². The third-order valence-corrected chi connectivity index (χ3v) is 19.4. The summed E-state index contributed by atoms with van der Waals surface area (Å²) in [6, 6.07) is 60.5. The first kappa shape index (κ1) is 38.5. The van der Waals surface area contributed by atoms with Crippen molar-refractivity contribution in [1.29, 1.82) is 0 Å². The molecule has 1 fully saturated rings. The third-order valence-electron chi connectivity index (χ3n) is 16.6. The summed E-state index contributed by atoms with van der Waals surface area (Å²) >= 11 is 0. The van der Waals surface area contributed by atoms with E-state index >= 15 is 0 Å². The smallest absolute Gasteiger partial charge is 0.0839 e. The first-order chi connectivity index (χ1) is 32.6. The van der Waals surface area contributed by atoms with E-state index < -0.39 is 8.80 Å². The van der Waals surface area contributed by atoms with Crippen molar-refractivity contribution < 1.29 is 0 Å². The summed E-state index contributed by atoms with van der Waals surface area (Å²) in [5.74, 6) is 1.94. The highest BCUT2D eigenvalue weighted by Crippen LogP contribution is 2.60. The van der Waals surface area contributed by atoms with Crippen LogP contribution in [0.1, 0.15) is 70.4 Å². The first-order valence-corrected chi connectivity index (χ1v) is 26.5. The number of hydrogen-bond donors (Lipinski definition) is 0. The molecule has 1 heteroatoms. The van der Waals surface area contributed by atoms with Crippen molar-refractivity contribution >= 4 is 57.5 Å². The molecule has 5 aliphatic carbocycles. The molecule has 0 saturated carbocycles. The Bertz CT molecular complexity index is 3530. The normalized spacial score (nSPS) is 25.3. The Kier molecular flexibility index (Phi) is 8.81. The van der Waals surface area contributed by atoms with Crippen LogP contribution < -0.4 is 0 Å². The Morgan fingerprint density at radius 1 is 0.500 bits per heavy atom. The van der Waals surface area contributed by atoms with E-state index in [1.54, 1.807) is 10.8 Å². The molecule has 0 N–H and O–H groups in total. The highest BCUT2D eigenvalue weighted by molar-refractivity contribution is 6.70. The van der Waals surface area contributed by atoms with E-state index in [-0.39, 0.29) is 11.8 Å². The van der Waals surface area contributed by atoms with E-state index in [1.165, 1.54) is 93.2 Å². The minimum Gasteiger partial charge on any atom is -0.0839 e. The number of rotatable bonds is 4. The maximum absolute atomic E-state index is 2.83. The first-order valence-electron chi connectivity index (χ1n) is 24.4. The number of benzene rings is 8. The maximum Gasteiger partial charge on any atom is 0.0905 e. The molecule has 14 rings (SSSR count). The van der Waals surface area contributed by atoms with Crippen molar-refractivity contribution in [3.05, 3.63) is 268 Å². The lowest BCUT2D eigenvalue weighted by atomic mass is 9.58.